The van der Waals surface area contributed by atoms with Gasteiger partial charge < -0.3 is 19.3 Å². The van der Waals surface area contributed by atoms with E-state index in [0.717, 1.165) is 24.5 Å². The van der Waals surface area contributed by atoms with Crippen LogP contribution in [-0.4, -0.2) is 50.7 Å². The zero-order valence-corrected chi connectivity index (χ0v) is 14.2. The van der Waals surface area contributed by atoms with Crippen LogP contribution in [-0.2, 0) is 4.79 Å². The van der Waals surface area contributed by atoms with Gasteiger partial charge in [-0.25, -0.2) is 4.39 Å². The predicted octanol–water partition coefficient (Wildman–Crippen LogP) is 2.56. The van der Waals surface area contributed by atoms with E-state index in [0.29, 0.717) is 18.8 Å². The molecule has 5 nitrogen and oxygen atoms in total. The molecule has 0 aliphatic carbocycles. The van der Waals surface area contributed by atoms with Crippen molar-refractivity contribution >= 4 is 11.6 Å². The first-order valence-corrected chi connectivity index (χ1v) is 8.21. The van der Waals surface area contributed by atoms with Crippen molar-refractivity contribution in [1.29, 1.82) is 0 Å². The summed E-state index contributed by atoms with van der Waals surface area (Å²) in [5, 5.41) is 0. The Balaban J connectivity index is 1.47. The Morgan fingerprint density at radius 2 is 1.56 bits per heavy atom. The molecule has 0 bridgehead atoms. The Labute approximate surface area is 146 Å². The summed E-state index contributed by atoms with van der Waals surface area (Å²) < 4.78 is 23.4. The van der Waals surface area contributed by atoms with Crippen molar-refractivity contribution in [3.05, 3.63) is 54.3 Å². The maximum absolute atomic E-state index is 12.9. The molecule has 0 aromatic heterocycles. The lowest BCUT2D eigenvalue weighted by Crippen LogP contribution is -2.50. The molecular formula is C19H21FN2O3. The monoisotopic (exact) mass is 344 g/mol. The van der Waals surface area contributed by atoms with Crippen molar-refractivity contribution in [3.63, 3.8) is 0 Å². The highest BCUT2D eigenvalue weighted by Crippen LogP contribution is 2.20. The molecule has 6 heteroatoms. The maximum Gasteiger partial charge on any atom is 0.260 e. The van der Waals surface area contributed by atoms with Crippen LogP contribution < -0.4 is 14.4 Å². The number of rotatable bonds is 5. The minimum absolute atomic E-state index is 0.0336. The van der Waals surface area contributed by atoms with Crippen molar-refractivity contribution in [2.75, 3.05) is 44.8 Å². The Morgan fingerprint density at radius 3 is 2.16 bits per heavy atom. The lowest BCUT2D eigenvalue weighted by atomic mass is 10.2. The molecule has 1 heterocycles. The van der Waals surface area contributed by atoms with E-state index in [1.54, 1.807) is 12.0 Å². The third-order valence-corrected chi connectivity index (χ3v) is 4.25. The van der Waals surface area contributed by atoms with Crippen LogP contribution in [0.15, 0.2) is 48.5 Å². The van der Waals surface area contributed by atoms with Gasteiger partial charge in [0.2, 0.25) is 0 Å². The van der Waals surface area contributed by atoms with Crippen molar-refractivity contribution in [2.24, 2.45) is 0 Å². The van der Waals surface area contributed by atoms with E-state index in [1.165, 1.54) is 24.3 Å². The normalized spacial score (nSPS) is 14.3. The third kappa shape index (κ3) is 4.41. The van der Waals surface area contributed by atoms with Crippen LogP contribution >= 0.6 is 0 Å². The van der Waals surface area contributed by atoms with Crippen LogP contribution in [0.3, 0.4) is 0 Å². The summed E-state index contributed by atoms with van der Waals surface area (Å²) >= 11 is 0. The number of benzene rings is 2. The van der Waals surface area contributed by atoms with Crippen LogP contribution in [0.1, 0.15) is 0 Å². The second-order valence-corrected chi connectivity index (χ2v) is 5.81. The van der Waals surface area contributed by atoms with Gasteiger partial charge in [0.15, 0.2) is 6.61 Å². The Bertz CT molecular complexity index is 696. The summed E-state index contributed by atoms with van der Waals surface area (Å²) in [5.41, 5.74) is 1.12. The van der Waals surface area contributed by atoms with Gasteiger partial charge in [-0.2, -0.15) is 0 Å². The molecule has 0 unspecified atom stereocenters. The first-order valence-electron chi connectivity index (χ1n) is 8.21. The summed E-state index contributed by atoms with van der Waals surface area (Å²) in [6, 6.07) is 13.6. The number of nitrogens with zero attached hydrogens (tertiary/aromatic N) is 2. The van der Waals surface area contributed by atoms with E-state index in [2.05, 4.69) is 4.90 Å². The molecule has 0 saturated carbocycles. The van der Waals surface area contributed by atoms with Gasteiger partial charge in [0.25, 0.3) is 5.91 Å². The molecule has 1 aliphatic rings. The number of methoxy groups -OCH3 is 1. The maximum atomic E-state index is 12.9. The molecule has 1 amide bonds. The molecule has 132 valence electrons. The lowest BCUT2D eigenvalue weighted by molar-refractivity contribution is -0.133. The van der Waals surface area contributed by atoms with E-state index in [-0.39, 0.29) is 18.3 Å². The van der Waals surface area contributed by atoms with E-state index in [9.17, 15) is 9.18 Å². The number of halogens is 1. The molecule has 0 atom stereocenters. The molecule has 1 aliphatic heterocycles. The molecular weight excluding hydrogens is 323 g/mol. The number of amides is 1. The van der Waals surface area contributed by atoms with E-state index >= 15 is 0 Å². The average molecular weight is 344 g/mol. The number of anilines is 1. The highest BCUT2D eigenvalue weighted by Gasteiger charge is 2.21. The van der Waals surface area contributed by atoms with E-state index in [4.69, 9.17) is 9.47 Å². The third-order valence-electron chi connectivity index (χ3n) is 4.25. The van der Waals surface area contributed by atoms with Gasteiger partial charge in [-0.3, -0.25) is 4.79 Å². The fourth-order valence-corrected chi connectivity index (χ4v) is 2.77. The number of ether oxygens (including phenoxy) is 2. The van der Waals surface area contributed by atoms with Crippen LogP contribution in [0.5, 0.6) is 11.5 Å². The summed E-state index contributed by atoms with van der Waals surface area (Å²) in [5.74, 6) is 0.939. The molecule has 0 N–H and O–H groups in total. The summed E-state index contributed by atoms with van der Waals surface area (Å²) in [7, 11) is 1.65. The molecule has 1 saturated heterocycles. The second-order valence-electron chi connectivity index (χ2n) is 5.81. The quantitative estimate of drug-likeness (QED) is 0.836. The summed E-state index contributed by atoms with van der Waals surface area (Å²) in [6.45, 7) is 2.81. The van der Waals surface area contributed by atoms with Crippen LogP contribution in [0, 0.1) is 5.82 Å². The first-order chi connectivity index (χ1) is 12.2. The second kappa shape index (κ2) is 7.88. The van der Waals surface area contributed by atoms with Gasteiger partial charge in [-0.1, -0.05) is 0 Å². The van der Waals surface area contributed by atoms with Gasteiger partial charge in [0, 0.05) is 31.9 Å². The number of piperazine rings is 1. The molecule has 25 heavy (non-hydrogen) atoms. The number of carbonyl (C=O) groups excluding carboxylic acids is 1. The van der Waals surface area contributed by atoms with Crippen molar-refractivity contribution in [2.45, 2.75) is 0 Å². The minimum atomic E-state index is -0.326. The van der Waals surface area contributed by atoms with Crippen molar-refractivity contribution in [3.8, 4) is 11.5 Å². The van der Waals surface area contributed by atoms with Gasteiger partial charge in [0.05, 0.1) is 7.11 Å². The van der Waals surface area contributed by atoms with Crippen LogP contribution in [0.2, 0.25) is 0 Å². The summed E-state index contributed by atoms with van der Waals surface area (Å²) in [4.78, 5) is 16.3. The number of hydrogen-bond acceptors (Lipinski definition) is 4. The Hall–Kier alpha value is -2.76. The van der Waals surface area contributed by atoms with Gasteiger partial charge in [0.1, 0.15) is 17.3 Å². The van der Waals surface area contributed by atoms with E-state index in [1.807, 2.05) is 24.3 Å². The van der Waals surface area contributed by atoms with Gasteiger partial charge in [-0.05, 0) is 48.5 Å². The Kier molecular flexibility index (Phi) is 5.38. The van der Waals surface area contributed by atoms with Crippen molar-refractivity contribution in [1.82, 2.24) is 4.90 Å². The number of carbonyl (C=O) groups is 1. The molecule has 0 spiro atoms. The standard InChI is InChI=1S/C19H21FN2O3/c1-24-17-8-4-16(5-9-17)21-10-12-22(13-11-21)19(23)14-25-18-6-2-15(20)3-7-18/h2-9H,10-14H2,1H3. The highest BCUT2D eigenvalue weighted by atomic mass is 19.1. The first kappa shape index (κ1) is 17.1. The summed E-state index contributed by atoms with van der Waals surface area (Å²) in [6.07, 6.45) is 0. The predicted molar refractivity (Wildman–Crippen MR) is 93.7 cm³/mol. The van der Waals surface area contributed by atoms with Crippen molar-refractivity contribution < 1.29 is 18.7 Å². The highest BCUT2D eigenvalue weighted by molar-refractivity contribution is 5.78. The minimum Gasteiger partial charge on any atom is -0.497 e. The Morgan fingerprint density at radius 1 is 0.960 bits per heavy atom. The smallest absolute Gasteiger partial charge is 0.260 e. The fraction of sp³-hybridized carbons (Fsp3) is 0.316. The zero-order chi connectivity index (χ0) is 17.6. The molecule has 2 aromatic rings. The largest absolute Gasteiger partial charge is 0.497 e. The molecule has 3 rings (SSSR count). The SMILES string of the molecule is COc1ccc(N2CCN(C(=O)COc3ccc(F)cc3)CC2)cc1. The molecule has 2 aromatic carbocycles. The van der Waals surface area contributed by atoms with Gasteiger partial charge in [-0.15, -0.1) is 0 Å². The fourth-order valence-electron chi connectivity index (χ4n) is 2.77. The van der Waals surface area contributed by atoms with E-state index < -0.39 is 0 Å². The molecule has 0 radical (unpaired) electrons. The van der Waals surface area contributed by atoms with Gasteiger partial charge >= 0.3 is 0 Å². The average Bonchev–Trinajstić information content (AvgIpc) is 2.67. The topological polar surface area (TPSA) is 42.0 Å². The zero-order valence-electron chi connectivity index (χ0n) is 14.2. The number of hydrogen-bond donors (Lipinski definition) is 0. The molecule has 1 fully saturated rings. The van der Waals surface area contributed by atoms with Crippen LogP contribution in [0.25, 0.3) is 0 Å². The lowest BCUT2D eigenvalue weighted by Gasteiger charge is -2.36. The van der Waals surface area contributed by atoms with Crippen LogP contribution in [0.4, 0.5) is 10.1 Å².